The van der Waals surface area contributed by atoms with E-state index in [4.69, 9.17) is 0 Å². The molecule has 0 aromatic heterocycles. The summed E-state index contributed by atoms with van der Waals surface area (Å²) in [4.78, 5) is 42.0. The molecular weight excluding hydrogens is 354 g/mol. The van der Waals surface area contributed by atoms with Gasteiger partial charge in [0.25, 0.3) is 0 Å². The van der Waals surface area contributed by atoms with E-state index in [9.17, 15) is 14.4 Å². The number of piperidine rings is 1. The average molecular weight is 386 g/mol. The fourth-order valence-electron chi connectivity index (χ4n) is 4.14. The number of carbonyl (C=O) groups is 3. The number of carbonyl (C=O) groups excluding carboxylic acids is 3. The summed E-state index contributed by atoms with van der Waals surface area (Å²) in [5, 5.41) is 2.88. The van der Waals surface area contributed by atoms with Gasteiger partial charge in [-0.2, -0.15) is 0 Å². The first-order valence-electron chi connectivity index (χ1n) is 10.2. The topological polar surface area (TPSA) is 69.7 Å². The molecule has 152 valence electrons. The summed E-state index contributed by atoms with van der Waals surface area (Å²) in [6.45, 7) is 7.88. The second-order valence-electron chi connectivity index (χ2n) is 8.85. The van der Waals surface area contributed by atoms with E-state index in [-0.39, 0.29) is 36.1 Å². The number of rotatable bonds is 2. The van der Waals surface area contributed by atoms with E-state index in [0.717, 1.165) is 18.4 Å². The molecule has 3 rings (SSSR count). The van der Waals surface area contributed by atoms with Gasteiger partial charge in [-0.25, -0.2) is 0 Å². The van der Waals surface area contributed by atoms with E-state index in [2.05, 4.69) is 5.32 Å². The summed E-state index contributed by atoms with van der Waals surface area (Å²) in [5.74, 6) is -0.0918. The molecule has 2 heterocycles. The monoisotopic (exact) mass is 385 g/mol. The molecule has 2 aliphatic heterocycles. The Morgan fingerprint density at radius 1 is 1.11 bits per heavy atom. The molecule has 1 aromatic rings. The molecule has 2 aliphatic rings. The number of amides is 3. The molecule has 0 spiro atoms. The van der Waals surface area contributed by atoms with Crippen LogP contribution < -0.4 is 5.32 Å². The van der Waals surface area contributed by atoms with E-state index >= 15 is 0 Å². The minimum atomic E-state index is -0.448. The zero-order valence-electron chi connectivity index (χ0n) is 17.1. The van der Waals surface area contributed by atoms with Gasteiger partial charge in [-0.3, -0.25) is 14.4 Å². The maximum atomic E-state index is 13.5. The highest BCUT2D eigenvalue weighted by Crippen LogP contribution is 2.30. The van der Waals surface area contributed by atoms with E-state index in [1.165, 1.54) is 0 Å². The average Bonchev–Trinajstić information content (AvgIpc) is 2.88. The van der Waals surface area contributed by atoms with Crippen molar-refractivity contribution >= 4 is 17.7 Å². The van der Waals surface area contributed by atoms with Crippen molar-refractivity contribution in [2.75, 3.05) is 26.2 Å². The van der Waals surface area contributed by atoms with Crippen LogP contribution in [0.5, 0.6) is 0 Å². The van der Waals surface area contributed by atoms with Crippen molar-refractivity contribution in [3.05, 3.63) is 35.9 Å². The SMILES string of the molecule is CC(C)(C)C(=O)N1CCC[C@H](C(=O)N2CCNC(=O)C[C@H]2c2ccccc2)C1. The minimum Gasteiger partial charge on any atom is -0.354 e. The lowest BCUT2D eigenvalue weighted by atomic mass is 9.90. The molecule has 0 radical (unpaired) electrons. The first kappa shape index (κ1) is 20.4. The highest BCUT2D eigenvalue weighted by Gasteiger charge is 2.38. The van der Waals surface area contributed by atoms with Gasteiger partial charge in [0.1, 0.15) is 0 Å². The quantitative estimate of drug-likeness (QED) is 0.850. The maximum Gasteiger partial charge on any atom is 0.228 e. The normalized spacial score (nSPS) is 23.8. The van der Waals surface area contributed by atoms with Gasteiger partial charge in [-0.05, 0) is 18.4 Å². The molecule has 2 saturated heterocycles. The highest BCUT2D eigenvalue weighted by atomic mass is 16.2. The van der Waals surface area contributed by atoms with Crippen molar-refractivity contribution in [1.82, 2.24) is 15.1 Å². The molecule has 3 amide bonds. The van der Waals surface area contributed by atoms with Crippen LogP contribution in [0.15, 0.2) is 30.3 Å². The summed E-state index contributed by atoms with van der Waals surface area (Å²) in [6, 6.07) is 9.49. The Hall–Kier alpha value is -2.37. The first-order chi connectivity index (χ1) is 13.3. The Balaban J connectivity index is 1.80. The Kier molecular flexibility index (Phi) is 6.06. The molecule has 2 fully saturated rings. The van der Waals surface area contributed by atoms with Crippen LogP contribution in [0.2, 0.25) is 0 Å². The largest absolute Gasteiger partial charge is 0.354 e. The third kappa shape index (κ3) is 4.54. The molecule has 1 N–H and O–H groups in total. The molecule has 6 nitrogen and oxygen atoms in total. The second kappa shape index (κ2) is 8.33. The van der Waals surface area contributed by atoms with Gasteiger partial charge in [0, 0.05) is 31.6 Å². The van der Waals surface area contributed by atoms with Crippen LogP contribution in [0.1, 0.15) is 51.6 Å². The lowest BCUT2D eigenvalue weighted by molar-refractivity contribution is -0.146. The van der Waals surface area contributed by atoms with Gasteiger partial charge in [0.15, 0.2) is 0 Å². The van der Waals surface area contributed by atoms with Crippen LogP contribution in [0.4, 0.5) is 0 Å². The molecule has 0 bridgehead atoms. The van der Waals surface area contributed by atoms with Crippen LogP contribution in [0, 0.1) is 11.3 Å². The van der Waals surface area contributed by atoms with E-state index < -0.39 is 5.41 Å². The van der Waals surface area contributed by atoms with Crippen molar-refractivity contribution in [1.29, 1.82) is 0 Å². The van der Waals surface area contributed by atoms with Crippen molar-refractivity contribution in [2.24, 2.45) is 11.3 Å². The molecule has 0 saturated carbocycles. The van der Waals surface area contributed by atoms with E-state index in [1.54, 1.807) is 0 Å². The van der Waals surface area contributed by atoms with Crippen LogP contribution >= 0.6 is 0 Å². The van der Waals surface area contributed by atoms with Crippen LogP contribution in [0.3, 0.4) is 0 Å². The number of benzene rings is 1. The number of nitrogens with one attached hydrogen (secondary N) is 1. The summed E-state index contributed by atoms with van der Waals surface area (Å²) in [7, 11) is 0. The van der Waals surface area contributed by atoms with Gasteiger partial charge in [0.2, 0.25) is 17.7 Å². The molecule has 6 heteroatoms. The predicted molar refractivity (Wildman–Crippen MR) is 107 cm³/mol. The smallest absolute Gasteiger partial charge is 0.228 e. The van der Waals surface area contributed by atoms with Gasteiger partial charge in [-0.15, -0.1) is 0 Å². The van der Waals surface area contributed by atoms with Gasteiger partial charge >= 0.3 is 0 Å². The van der Waals surface area contributed by atoms with Gasteiger partial charge in [0.05, 0.1) is 18.4 Å². The third-order valence-corrected chi connectivity index (χ3v) is 5.60. The zero-order valence-corrected chi connectivity index (χ0v) is 17.1. The molecule has 0 aliphatic carbocycles. The summed E-state index contributed by atoms with van der Waals surface area (Å²) >= 11 is 0. The Labute approximate surface area is 167 Å². The lowest BCUT2D eigenvalue weighted by Gasteiger charge is -2.39. The predicted octanol–water partition coefficient (Wildman–Crippen LogP) is 2.36. The van der Waals surface area contributed by atoms with Gasteiger partial charge in [-0.1, -0.05) is 51.1 Å². The number of likely N-dealkylation sites (tertiary alicyclic amines) is 1. The first-order valence-corrected chi connectivity index (χ1v) is 10.2. The van der Waals surface area contributed by atoms with Gasteiger partial charge < -0.3 is 15.1 Å². The summed E-state index contributed by atoms with van der Waals surface area (Å²) in [6.07, 6.45) is 1.89. The summed E-state index contributed by atoms with van der Waals surface area (Å²) < 4.78 is 0. The Morgan fingerprint density at radius 3 is 2.50 bits per heavy atom. The van der Waals surface area contributed by atoms with E-state index in [0.29, 0.717) is 26.2 Å². The molecule has 1 aromatic carbocycles. The second-order valence-corrected chi connectivity index (χ2v) is 8.85. The zero-order chi connectivity index (χ0) is 20.3. The van der Waals surface area contributed by atoms with Crippen LogP contribution in [-0.4, -0.2) is 53.7 Å². The fourth-order valence-corrected chi connectivity index (χ4v) is 4.14. The Morgan fingerprint density at radius 2 is 1.82 bits per heavy atom. The Bertz CT molecular complexity index is 726. The van der Waals surface area contributed by atoms with E-state index in [1.807, 2.05) is 60.9 Å². The number of hydrogen-bond acceptors (Lipinski definition) is 3. The van der Waals surface area contributed by atoms with Crippen molar-refractivity contribution < 1.29 is 14.4 Å². The lowest BCUT2D eigenvalue weighted by Crippen LogP contribution is -2.50. The minimum absolute atomic E-state index is 0.0302. The fraction of sp³-hybridized carbons (Fsp3) is 0.591. The number of hydrogen-bond donors (Lipinski definition) is 1. The molecular formula is C22H31N3O3. The number of nitrogens with zero attached hydrogens (tertiary/aromatic N) is 2. The highest BCUT2D eigenvalue weighted by molar-refractivity contribution is 5.85. The van der Waals surface area contributed by atoms with Crippen molar-refractivity contribution in [2.45, 2.75) is 46.1 Å². The standard InChI is InChI=1S/C22H31N3O3/c1-22(2,3)21(28)24-12-7-10-17(15-24)20(27)25-13-11-23-19(26)14-18(25)16-8-5-4-6-9-16/h4-6,8-9,17-18H,7,10-15H2,1-3H3,(H,23,26)/t17-,18-/m0/s1. The maximum absolute atomic E-state index is 13.5. The summed E-state index contributed by atoms with van der Waals surface area (Å²) in [5.41, 5.74) is 0.530. The van der Waals surface area contributed by atoms with Crippen molar-refractivity contribution in [3.8, 4) is 0 Å². The molecule has 2 atom stereocenters. The van der Waals surface area contributed by atoms with Crippen molar-refractivity contribution in [3.63, 3.8) is 0 Å². The van der Waals surface area contributed by atoms with Crippen LogP contribution in [-0.2, 0) is 14.4 Å². The van der Waals surface area contributed by atoms with Crippen LogP contribution in [0.25, 0.3) is 0 Å². The third-order valence-electron chi connectivity index (χ3n) is 5.60. The molecule has 28 heavy (non-hydrogen) atoms. The molecule has 0 unspecified atom stereocenters.